The van der Waals surface area contributed by atoms with Crippen molar-refractivity contribution in [2.75, 3.05) is 0 Å². The first-order chi connectivity index (χ1) is 11.1. The standard InChI is InChI=1S/C16H17N3O2S2/c1-10(2)14(12-4-3-6-22-12)18-13(20)8-19-9-17-15-11(16(19)21)5-7-23-15/h3-7,9-10,14H,8H2,1-2H3,(H,18,20)/t14-/m1/s1. The van der Waals surface area contributed by atoms with Gasteiger partial charge in [0, 0.05) is 4.88 Å². The van der Waals surface area contributed by atoms with Gasteiger partial charge in [-0.2, -0.15) is 0 Å². The first-order valence-corrected chi connectivity index (χ1v) is 9.07. The third-order valence-electron chi connectivity index (χ3n) is 3.60. The second-order valence-electron chi connectivity index (χ2n) is 5.62. The molecule has 0 radical (unpaired) electrons. The molecule has 3 rings (SSSR count). The lowest BCUT2D eigenvalue weighted by atomic mass is 10.0. The van der Waals surface area contributed by atoms with Crippen molar-refractivity contribution in [3.8, 4) is 0 Å². The number of rotatable bonds is 5. The highest BCUT2D eigenvalue weighted by atomic mass is 32.1. The van der Waals surface area contributed by atoms with E-state index in [1.54, 1.807) is 17.4 Å². The van der Waals surface area contributed by atoms with Crippen LogP contribution in [-0.2, 0) is 11.3 Å². The normalized spacial score (nSPS) is 12.7. The van der Waals surface area contributed by atoms with Crippen LogP contribution in [0.2, 0.25) is 0 Å². The average Bonchev–Trinajstić information content (AvgIpc) is 3.18. The molecule has 0 aliphatic rings. The van der Waals surface area contributed by atoms with Crippen molar-refractivity contribution in [1.29, 1.82) is 0 Å². The lowest BCUT2D eigenvalue weighted by molar-refractivity contribution is -0.122. The lowest BCUT2D eigenvalue weighted by Crippen LogP contribution is -2.36. The highest BCUT2D eigenvalue weighted by Crippen LogP contribution is 2.25. The molecule has 0 saturated carbocycles. The van der Waals surface area contributed by atoms with Crippen LogP contribution in [0.25, 0.3) is 10.2 Å². The predicted molar refractivity (Wildman–Crippen MR) is 93.9 cm³/mol. The maximum absolute atomic E-state index is 12.4. The Bertz CT molecular complexity index is 865. The highest BCUT2D eigenvalue weighted by Gasteiger charge is 2.19. The van der Waals surface area contributed by atoms with Crippen LogP contribution in [-0.4, -0.2) is 15.5 Å². The van der Waals surface area contributed by atoms with E-state index in [1.807, 2.05) is 22.9 Å². The third-order valence-corrected chi connectivity index (χ3v) is 5.37. The van der Waals surface area contributed by atoms with E-state index in [2.05, 4.69) is 24.1 Å². The van der Waals surface area contributed by atoms with Crippen molar-refractivity contribution in [3.05, 3.63) is 50.5 Å². The molecule has 23 heavy (non-hydrogen) atoms. The molecule has 0 saturated heterocycles. The summed E-state index contributed by atoms with van der Waals surface area (Å²) in [5.41, 5.74) is -0.177. The summed E-state index contributed by atoms with van der Waals surface area (Å²) >= 11 is 3.04. The van der Waals surface area contributed by atoms with Crippen LogP contribution in [0.5, 0.6) is 0 Å². The van der Waals surface area contributed by atoms with Gasteiger partial charge >= 0.3 is 0 Å². The summed E-state index contributed by atoms with van der Waals surface area (Å²) in [5.74, 6) is 0.0855. The summed E-state index contributed by atoms with van der Waals surface area (Å²) in [7, 11) is 0. The Morgan fingerprint density at radius 1 is 1.30 bits per heavy atom. The van der Waals surface area contributed by atoms with Gasteiger partial charge in [-0.05, 0) is 28.8 Å². The number of nitrogens with zero attached hydrogens (tertiary/aromatic N) is 2. The number of carbonyl (C=O) groups is 1. The second kappa shape index (κ2) is 6.64. The van der Waals surface area contributed by atoms with Gasteiger partial charge in [-0.15, -0.1) is 22.7 Å². The van der Waals surface area contributed by atoms with Crippen LogP contribution < -0.4 is 10.9 Å². The fourth-order valence-electron chi connectivity index (χ4n) is 2.41. The number of hydrogen-bond donors (Lipinski definition) is 1. The summed E-state index contributed by atoms with van der Waals surface area (Å²) in [6.45, 7) is 4.11. The minimum atomic E-state index is -0.185. The molecule has 3 heterocycles. The van der Waals surface area contributed by atoms with Crippen molar-refractivity contribution < 1.29 is 4.79 Å². The maximum Gasteiger partial charge on any atom is 0.262 e. The molecule has 1 atom stereocenters. The molecule has 0 aliphatic carbocycles. The van der Waals surface area contributed by atoms with Gasteiger partial charge in [0.15, 0.2) is 0 Å². The molecule has 7 heteroatoms. The smallest absolute Gasteiger partial charge is 0.262 e. The molecule has 0 unspecified atom stereocenters. The largest absolute Gasteiger partial charge is 0.347 e. The first-order valence-electron chi connectivity index (χ1n) is 7.31. The van der Waals surface area contributed by atoms with Crippen LogP contribution in [0.3, 0.4) is 0 Å². The molecular weight excluding hydrogens is 330 g/mol. The third kappa shape index (κ3) is 3.35. The monoisotopic (exact) mass is 347 g/mol. The molecule has 0 fully saturated rings. The Labute approximate surface area is 141 Å². The minimum absolute atomic E-state index is 0.0216. The molecule has 3 aromatic heterocycles. The number of carbonyl (C=O) groups excluding carboxylic acids is 1. The number of nitrogens with one attached hydrogen (secondary N) is 1. The van der Waals surface area contributed by atoms with E-state index in [4.69, 9.17) is 0 Å². The van der Waals surface area contributed by atoms with Crippen LogP contribution in [0, 0.1) is 5.92 Å². The lowest BCUT2D eigenvalue weighted by Gasteiger charge is -2.21. The molecule has 3 aromatic rings. The quantitative estimate of drug-likeness (QED) is 0.771. The number of amides is 1. The zero-order valence-electron chi connectivity index (χ0n) is 12.9. The van der Waals surface area contributed by atoms with Crippen LogP contribution >= 0.6 is 22.7 Å². The zero-order chi connectivity index (χ0) is 16.4. The Morgan fingerprint density at radius 3 is 2.83 bits per heavy atom. The summed E-state index contributed by atoms with van der Waals surface area (Å²) in [5, 5.41) is 7.41. The van der Waals surface area contributed by atoms with Crippen molar-refractivity contribution in [2.24, 2.45) is 5.92 Å². The second-order valence-corrected chi connectivity index (χ2v) is 7.50. The summed E-state index contributed by atoms with van der Waals surface area (Å²) in [4.78, 5) is 30.7. The molecule has 1 amide bonds. The first kappa shape index (κ1) is 15.9. The van der Waals surface area contributed by atoms with Gasteiger partial charge in [0.05, 0.1) is 17.8 Å². The van der Waals surface area contributed by atoms with E-state index in [0.29, 0.717) is 10.2 Å². The van der Waals surface area contributed by atoms with Crippen molar-refractivity contribution >= 4 is 38.8 Å². The molecule has 1 N–H and O–H groups in total. The van der Waals surface area contributed by atoms with Crippen molar-refractivity contribution in [1.82, 2.24) is 14.9 Å². The summed E-state index contributed by atoms with van der Waals surface area (Å²) < 4.78 is 1.36. The average molecular weight is 347 g/mol. The van der Waals surface area contributed by atoms with Crippen molar-refractivity contribution in [3.63, 3.8) is 0 Å². The summed E-state index contributed by atoms with van der Waals surface area (Å²) in [6, 6.07) is 5.68. The number of thiophene rings is 2. The molecule has 0 aromatic carbocycles. The van der Waals surface area contributed by atoms with Gasteiger partial charge in [-0.25, -0.2) is 4.98 Å². The molecule has 0 spiro atoms. The van der Waals surface area contributed by atoms with Crippen LogP contribution in [0.1, 0.15) is 24.8 Å². The fourth-order valence-corrected chi connectivity index (χ4v) is 4.09. The van der Waals surface area contributed by atoms with E-state index in [1.165, 1.54) is 22.2 Å². The van der Waals surface area contributed by atoms with E-state index in [-0.39, 0.29) is 30.0 Å². The highest BCUT2D eigenvalue weighted by molar-refractivity contribution is 7.16. The van der Waals surface area contributed by atoms with Crippen LogP contribution in [0.4, 0.5) is 0 Å². The molecule has 0 bridgehead atoms. The number of aromatic nitrogens is 2. The zero-order valence-corrected chi connectivity index (χ0v) is 14.5. The van der Waals surface area contributed by atoms with E-state index in [0.717, 1.165) is 4.88 Å². The Hall–Kier alpha value is -1.99. The van der Waals surface area contributed by atoms with Crippen LogP contribution in [0.15, 0.2) is 40.1 Å². The molecule has 120 valence electrons. The van der Waals surface area contributed by atoms with Gasteiger partial charge < -0.3 is 5.32 Å². The van der Waals surface area contributed by atoms with Gasteiger partial charge in [0.2, 0.25) is 5.91 Å². The van der Waals surface area contributed by atoms with Crippen molar-refractivity contribution in [2.45, 2.75) is 26.4 Å². The number of hydrogen-bond acceptors (Lipinski definition) is 5. The van der Waals surface area contributed by atoms with Gasteiger partial charge in [-0.3, -0.25) is 14.2 Å². The van der Waals surface area contributed by atoms with E-state index in [9.17, 15) is 9.59 Å². The van der Waals surface area contributed by atoms with Gasteiger partial charge in [0.1, 0.15) is 11.4 Å². The summed E-state index contributed by atoms with van der Waals surface area (Å²) in [6.07, 6.45) is 1.44. The fraction of sp³-hybridized carbons (Fsp3) is 0.312. The molecule has 5 nitrogen and oxygen atoms in total. The van der Waals surface area contributed by atoms with Gasteiger partial charge in [-0.1, -0.05) is 19.9 Å². The Kier molecular flexibility index (Phi) is 4.58. The van der Waals surface area contributed by atoms with Gasteiger partial charge in [0.25, 0.3) is 5.56 Å². The Balaban J connectivity index is 1.77. The predicted octanol–water partition coefficient (Wildman–Crippen LogP) is 3.03. The van der Waals surface area contributed by atoms with E-state index >= 15 is 0 Å². The van der Waals surface area contributed by atoms with E-state index < -0.39 is 0 Å². The maximum atomic E-state index is 12.4. The topological polar surface area (TPSA) is 64.0 Å². The SMILES string of the molecule is CC(C)[C@@H](NC(=O)Cn1cnc2sccc2c1=O)c1cccs1. The molecule has 0 aliphatic heterocycles. The number of fused-ring (bicyclic) bond motifs is 1. The Morgan fingerprint density at radius 2 is 2.13 bits per heavy atom. The molecular formula is C16H17N3O2S2. The minimum Gasteiger partial charge on any atom is -0.347 e.